The third-order valence-electron chi connectivity index (χ3n) is 4.24. The molecule has 1 amide bonds. The maximum Gasteiger partial charge on any atom is 0.320 e. The highest BCUT2D eigenvalue weighted by Gasteiger charge is 2.34. The fourth-order valence-corrected chi connectivity index (χ4v) is 3.02. The Morgan fingerprint density at radius 3 is 3.00 bits per heavy atom. The van der Waals surface area contributed by atoms with Crippen LogP contribution < -0.4 is 15.4 Å². The molecule has 8 nitrogen and oxygen atoms in total. The highest BCUT2D eigenvalue weighted by molar-refractivity contribution is 6.01. The lowest BCUT2D eigenvalue weighted by Gasteiger charge is -2.26. The van der Waals surface area contributed by atoms with Crippen molar-refractivity contribution in [1.29, 1.82) is 0 Å². The first kappa shape index (κ1) is 16.9. The largest absolute Gasteiger partial charge is 0.461 e. The Morgan fingerprint density at radius 2 is 2.25 bits per heavy atom. The van der Waals surface area contributed by atoms with Crippen LogP contribution in [0.15, 0.2) is 0 Å². The van der Waals surface area contributed by atoms with Crippen LogP contribution in [0, 0.1) is 5.92 Å². The van der Waals surface area contributed by atoms with Crippen molar-refractivity contribution in [3.8, 4) is 6.01 Å². The van der Waals surface area contributed by atoms with E-state index in [0.29, 0.717) is 56.1 Å². The fourth-order valence-electron chi connectivity index (χ4n) is 3.02. The molecular formula is C16H24N4O4. The summed E-state index contributed by atoms with van der Waals surface area (Å²) in [4.78, 5) is 22.6. The van der Waals surface area contributed by atoms with Gasteiger partial charge in [-0.15, -0.1) is 0 Å². The van der Waals surface area contributed by atoms with Crippen LogP contribution in [-0.2, 0) is 20.7 Å². The maximum atomic E-state index is 12.4. The van der Waals surface area contributed by atoms with Crippen LogP contribution in [0.5, 0.6) is 6.01 Å². The number of aromatic nitrogens is 2. The van der Waals surface area contributed by atoms with Crippen LogP contribution in [0.4, 0.5) is 11.6 Å². The molecule has 8 heteroatoms. The number of hydrogen-bond donors (Lipinski definition) is 1. The van der Waals surface area contributed by atoms with E-state index >= 15 is 0 Å². The summed E-state index contributed by atoms with van der Waals surface area (Å²) in [5, 5.41) is 0. The molecule has 1 atom stereocenters. The van der Waals surface area contributed by atoms with Crippen LogP contribution in [0.3, 0.4) is 0 Å². The molecule has 0 bridgehead atoms. The van der Waals surface area contributed by atoms with Gasteiger partial charge < -0.3 is 19.9 Å². The van der Waals surface area contributed by atoms with Gasteiger partial charge in [-0.3, -0.25) is 9.69 Å². The minimum Gasteiger partial charge on any atom is -0.461 e. The van der Waals surface area contributed by atoms with Gasteiger partial charge >= 0.3 is 6.01 Å². The minimum atomic E-state index is 0.00281. The van der Waals surface area contributed by atoms with Crippen molar-refractivity contribution in [2.24, 2.45) is 5.92 Å². The lowest BCUT2D eigenvalue weighted by molar-refractivity contribution is -0.117. The third kappa shape index (κ3) is 3.76. The molecule has 3 rings (SSSR count). The summed E-state index contributed by atoms with van der Waals surface area (Å²) in [6.45, 7) is 5.42. The van der Waals surface area contributed by atoms with E-state index in [0.717, 1.165) is 19.4 Å². The van der Waals surface area contributed by atoms with Crippen LogP contribution >= 0.6 is 0 Å². The monoisotopic (exact) mass is 336 g/mol. The number of anilines is 2. The first-order valence-corrected chi connectivity index (χ1v) is 8.44. The van der Waals surface area contributed by atoms with E-state index < -0.39 is 0 Å². The van der Waals surface area contributed by atoms with E-state index in [9.17, 15) is 4.79 Å². The standard InChI is InChI=1S/C16H24N4O4/c1-2-22-6-7-24-16-18-14(17)12-8-13(21)20(15(12)19-16)9-11-4-3-5-23-10-11/h11H,2-10H2,1H3,(H2,17,18,19). The molecule has 0 aromatic carbocycles. The lowest BCUT2D eigenvalue weighted by atomic mass is 10.0. The molecule has 1 aromatic heterocycles. The number of rotatable bonds is 7. The van der Waals surface area contributed by atoms with E-state index in [1.165, 1.54) is 0 Å². The number of hydrogen-bond acceptors (Lipinski definition) is 7. The van der Waals surface area contributed by atoms with E-state index in [1.807, 2.05) is 6.92 Å². The summed E-state index contributed by atoms with van der Waals surface area (Å²) >= 11 is 0. The number of nitrogen functional groups attached to an aromatic ring is 1. The normalized spacial score (nSPS) is 20.3. The number of nitrogens with zero attached hydrogens (tertiary/aromatic N) is 3. The number of fused-ring (bicyclic) bond motifs is 1. The minimum absolute atomic E-state index is 0.00281. The molecule has 1 unspecified atom stereocenters. The van der Waals surface area contributed by atoms with Crippen molar-refractivity contribution in [2.75, 3.05) is 50.2 Å². The zero-order valence-electron chi connectivity index (χ0n) is 14.0. The van der Waals surface area contributed by atoms with Crippen molar-refractivity contribution in [2.45, 2.75) is 26.2 Å². The molecule has 1 aromatic rings. The van der Waals surface area contributed by atoms with E-state index in [4.69, 9.17) is 19.9 Å². The molecule has 0 radical (unpaired) electrons. The zero-order valence-corrected chi connectivity index (χ0v) is 14.0. The summed E-state index contributed by atoms with van der Waals surface area (Å²) < 4.78 is 16.2. The quantitative estimate of drug-likeness (QED) is 0.735. The number of amides is 1. The SMILES string of the molecule is CCOCCOc1nc(N)c2c(n1)N(CC1CCCOC1)C(=O)C2. The summed E-state index contributed by atoms with van der Waals surface area (Å²) in [6.07, 6.45) is 2.32. The Labute approximate surface area is 141 Å². The third-order valence-corrected chi connectivity index (χ3v) is 4.24. The second-order valence-corrected chi connectivity index (χ2v) is 6.00. The predicted molar refractivity (Wildman–Crippen MR) is 88.0 cm³/mol. The number of nitrogens with two attached hydrogens (primary N) is 1. The van der Waals surface area contributed by atoms with Gasteiger partial charge in [-0.1, -0.05) is 0 Å². The van der Waals surface area contributed by atoms with E-state index in [1.54, 1.807) is 4.90 Å². The van der Waals surface area contributed by atoms with Gasteiger partial charge in [-0.2, -0.15) is 9.97 Å². The molecule has 0 aliphatic carbocycles. The van der Waals surface area contributed by atoms with E-state index in [2.05, 4.69) is 9.97 Å². The molecule has 0 saturated carbocycles. The molecule has 2 aliphatic heterocycles. The first-order chi connectivity index (χ1) is 11.7. The van der Waals surface area contributed by atoms with Crippen LogP contribution in [0.1, 0.15) is 25.3 Å². The first-order valence-electron chi connectivity index (χ1n) is 8.44. The number of carbonyl (C=O) groups excluding carboxylic acids is 1. The summed E-state index contributed by atoms with van der Waals surface area (Å²) in [5.41, 5.74) is 6.68. The Kier molecular flexibility index (Phi) is 5.47. The maximum absolute atomic E-state index is 12.4. The number of carbonyl (C=O) groups is 1. The van der Waals surface area contributed by atoms with Crippen LogP contribution in [-0.4, -0.2) is 55.5 Å². The predicted octanol–water partition coefficient (Wildman–Crippen LogP) is 0.790. The summed E-state index contributed by atoms with van der Waals surface area (Å²) in [6, 6.07) is 0.186. The topological polar surface area (TPSA) is 99.8 Å². The zero-order chi connectivity index (χ0) is 16.9. The second kappa shape index (κ2) is 7.76. The molecular weight excluding hydrogens is 312 g/mol. The van der Waals surface area contributed by atoms with Crippen molar-refractivity contribution in [3.63, 3.8) is 0 Å². The van der Waals surface area contributed by atoms with Gasteiger partial charge in [0.2, 0.25) is 5.91 Å². The van der Waals surface area contributed by atoms with E-state index in [-0.39, 0.29) is 18.3 Å². The summed E-state index contributed by atoms with van der Waals surface area (Å²) in [5.74, 6) is 1.21. The molecule has 24 heavy (non-hydrogen) atoms. The van der Waals surface area contributed by atoms with Gasteiger partial charge in [0.05, 0.1) is 19.6 Å². The molecule has 1 fully saturated rings. The summed E-state index contributed by atoms with van der Waals surface area (Å²) in [7, 11) is 0. The molecule has 3 heterocycles. The lowest BCUT2D eigenvalue weighted by Crippen LogP contribution is -2.36. The average molecular weight is 336 g/mol. The van der Waals surface area contributed by atoms with Gasteiger partial charge in [0.25, 0.3) is 0 Å². The van der Waals surface area contributed by atoms with Crippen molar-refractivity contribution in [1.82, 2.24) is 9.97 Å². The van der Waals surface area contributed by atoms with Gasteiger partial charge in [-0.05, 0) is 19.8 Å². The Morgan fingerprint density at radius 1 is 1.38 bits per heavy atom. The van der Waals surface area contributed by atoms with Crippen LogP contribution in [0.2, 0.25) is 0 Å². The van der Waals surface area contributed by atoms with Gasteiger partial charge in [0.1, 0.15) is 18.2 Å². The highest BCUT2D eigenvalue weighted by Crippen LogP contribution is 2.33. The van der Waals surface area contributed by atoms with Gasteiger partial charge in [0.15, 0.2) is 0 Å². The smallest absolute Gasteiger partial charge is 0.320 e. The molecule has 1 saturated heterocycles. The second-order valence-electron chi connectivity index (χ2n) is 6.00. The molecule has 132 valence electrons. The molecule has 2 aliphatic rings. The molecule has 0 spiro atoms. The van der Waals surface area contributed by atoms with Gasteiger partial charge in [0, 0.05) is 31.2 Å². The van der Waals surface area contributed by atoms with Crippen molar-refractivity contribution < 1.29 is 19.0 Å². The highest BCUT2D eigenvalue weighted by atomic mass is 16.5. The number of ether oxygens (including phenoxy) is 3. The fraction of sp³-hybridized carbons (Fsp3) is 0.688. The Balaban J connectivity index is 1.72. The Bertz CT molecular complexity index is 590. The average Bonchev–Trinajstić information content (AvgIpc) is 2.90. The van der Waals surface area contributed by atoms with Gasteiger partial charge in [-0.25, -0.2) is 0 Å². The molecule has 2 N–H and O–H groups in total. The van der Waals surface area contributed by atoms with Crippen molar-refractivity contribution >= 4 is 17.5 Å². The Hall–Kier alpha value is -1.93. The van der Waals surface area contributed by atoms with Crippen molar-refractivity contribution in [3.05, 3.63) is 5.56 Å². The van der Waals surface area contributed by atoms with Crippen LogP contribution in [0.25, 0.3) is 0 Å².